The van der Waals surface area contributed by atoms with Crippen molar-refractivity contribution in [3.63, 3.8) is 0 Å². The second-order valence-electron chi connectivity index (χ2n) is 4.25. The molecule has 1 fully saturated rings. The summed E-state index contributed by atoms with van der Waals surface area (Å²) in [6.07, 6.45) is 2.51. The fraction of sp³-hybridized carbons (Fsp3) is 0.700. The Morgan fingerprint density at radius 2 is 2.56 bits per heavy atom. The van der Waals surface area contributed by atoms with Crippen LogP contribution in [0.25, 0.3) is 0 Å². The Hall–Kier alpha value is -1.04. The average Bonchev–Trinajstić information content (AvgIpc) is 2.84. The number of aliphatic imine (C=N–C) groups is 1. The van der Waals surface area contributed by atoms with Gasteiger partial charge in [-0.3, -0.25) is 4.99 Å². The fourth-order valence-electron chi connectivity index (χ4n) is 1.63. The van der Waals surface area contributed by atoms with Crippen molar-refractivity contribution in [2.75, 3.05) is 5.75 Å². The number of nitrogens with one attached hydrogen (secondary N) is 1. The summed E-state index contributed by atoms with van der Waals surface area (Å²) >= 11 is 1.77. The van der Waals surface area contributed by atoms with Crippen molar-refractivity contribution >= 4 is 16.9 Å². The Bertz CT molecular complexity index is 350. The van der Waals surface area contributed by atoms with E-state index in [1.54, 1.807) is 11.8 Å². The quantitative estimate of drug-likeness (QED) is 0.867. The zero-order valence-electron chi connectivity index (χ0n) is 9.51. The van der Waals surface area contributed by atoms with Crippen LogP contribution in [0.1, 0.15) is 26.1 Å². The van der Waals surface area contributed by atoms with Gasteiger partial charge in [0.25, 0.3) is 0 Å². The second kappa shape index (κ2) is 5.34. The highest BCUT2D eigenvalue weighted by molar-refractivity contribution is 8.14. The van der Waals surface area contributed by atoms with Crippen molar-refractivity contribution in [3.05, 3.63) is 12.2 Å². The van der Waals surface area contributed by atoms with E-state index in [4.69, 9.17) is 0 Å². The summed E-state index contributed by atoms with van der Waals surface area (Å²) < 4.78 is 4.65. The minimum absolute atomic E-state index is 0.486. The zero-order valence-corrected chi connectivity index (χ0v) is 10.3. The number of amidine groups is 1. The lowest BCUT2D eigenvalue weighted by Gasteiger charge is -2.11. The molecule has 88 valence electrons. The van der Waals surface area contributed by atoms with E-state index in [0.717, 1.165) is 16.8 Å². The van der Waals surface area contributed by atoms with Gasteiger partial charge in [-0.15, -0.1) is 0 Å². The normalized spacial score (nSPS) is 22.9. The number of thioether (sulfide) groups is 1. The van der Waals surface area contributed by atoms with Gasteiger partial charge in [0, 0.05) is 11.8 Å². The third-order valence-corrected chi connectivity index (χ3v) is 3.37. The van der Waals surface area contributed by atoms with Crippen LogP contribution < -0.4 is 5.32 Å². The minimum atomic E-state index is 0.486. The van der Waals surface area contributed by atoms with E-state index in [1.165, 1.54) is 12.8 Å². The molecule has 0 aromatic carbocycles. The molecule has 5 nitrogen and oxygen atoms in total. The molecule has 1 aliphatic heterocycles. The van der Waals surface area contributed by atoms with Crippen LogP contribution in [0.5, 0.6) is 0 Å². The third kappa shape index (κ3) is 3.23. The molecule has 1 N–H and O–H groups in total. The molecule has 0 bridgehead atoms. The van der Waals surface area contributed by atoms with Gasteiger partial charge in [-0.1, -0.05) is 30.8 Å². The molecule has 2 rings (SSSR count). The van der Waals surface area contributed by atoms with Gasteiger partial charge >= 0.3 is 0 Å². The highest BCUT2D eigenvalue weighted by Crippen LogP contribution is 2.19. The molecule has 0 aliphatic carbocycles. The number of rotatable bonds is 4. The maximum absolute atomic E-state index is 4.65. The van der Waals surface area contributed by atoms with Crippen LogP contribution in [-0.2, 0) is 6.54 Å². The molecule has 1 saturated heterocycles. The van der Waals surface area contributed by atoms with Gasteiger partial charge in [0.05, 0.1) is 0 Å². The molecule has 2 heterocycles. The van der Waals surface area contributed by atoms with E-state index in [9.17, 15) is 0 Å². The van der Waals surface area contributed by atoms with Crippen molar-refractivity contribution in [1.29, 1.82) is 0 Å². The zero-order chi connectivity index (χ0) is 11.4. The van der Waals surface area contributed by atoms with Gasteiger partial charge in [0.2, 0.25) is 6.39 Å². The van der Waals surface area contributed by atoms with Gasteiger partial charge in [-0.25, -0.2) is 0 Å². The highest BCUT2D eigenvalue weighted by atomic mass is 32.2. The summed E-state index contributed by atoms with van der Waals surface area (Å²) in [7, 11) is 0. The van der Waals surface area contributed by atoms with E-state index in [-0.39, 0.29) is 0 Å². The number of aromatic nitrogens is 2. The SMILES string of the molecule is CC(C)CC1CSC(=NCc2ncon2)N1. The Kier molecular flexibility index (Phi) is 3.82. The lowest BCUT2D eigenvalue weighted by molar-refractivity contribution is 0.410. The molecule has 0 spiro atoms. The van der Waals surface area contributed by atoms with Crippen molar-refractivity contribution in [2.45, 2.75) is 32.9 Å². The second-order valence-corrected chi connectivity index (χ2v) is 5.26. The van der Waals surface area contributed by atoms with Crippen molar-refractivity contribution < 1.29 is 4.52 Å². The van der Waals surface area contributed by atoms with Crippen LogP contribution in [0, 0.1) is 5.92 Å². The molecule has 1 aliphatic rings. The van der Waals surface area contributed by atoms with Gasteiger partial charge in [0.1, 0.15) is 6.54 Å². The lowest BCUT2D eigenvalue weighted by atomic mass is 10.1. The molecular formula is C10H16N4OS. The Labute approximate surface area is 99.1 Å². The van der Waals surface area contributed by atoms with Crippen LogP contribution in [0.15, 0.2) is 15.9 Å². The van der Waals surface area contributed by atoms with Crippen molar-refractivity contribution in [3.8, 4) is 0 Å². The predicted octanol–water partition coefficient (Wildman–Crippen LogP) is 1.68. The Morgan fingerprint density at radius 3 is 3.25 bits per heavy atom. The molecule has 1 unspecified atom stereocenters. The van der Waals surface area contributed by atoms with E-state index >= 15 is 0 Å². The summed E-state index contributed by atoms with van der Waals surface area (Å²) in [5.74, 6) is 2.44. The fourth-order valence-corrected chi connectivity index (χ4v) is 2.61. The molecular weight excluding hydrogens is 224 g/mol. The molecule has 1 atom stereocenters. The smallest absolute Gasteiger partial charge is 0.213 e. The van der Waals surface area contributed by atoms with Crippen LogP contribution in [0.4, 0.5) is 0 Å². The molecule has 0 saturated carbocycles. The Balaban J connectivity index is 1.81. The molecule has 6 heteroatoms. The predicted molar refractivity (Wildman–Crippen MR) is 64.3 cm³/mol. The van der Waals surface area contributed by atoms with Crippen molar-refractivity contribution in [2.24, 2.45) is 10.9 Å². The van der Waals surface area contributed by atoms with Crippen molar-refractivity contribution in [1.82, 2.24) is 15.5 Å². The molecule has 1 aromatic rings. The first-order valence-corrected chi connectivity index (χ1v) is 6.41. The highest BCUT2D eigenvalue weighted by Gasteiger charge is 2.20. The molecule has 0 amide bonds. The maximum atomic E-state index is 4.65. The summed E-state index contributed by atoms with van der Waals surface area (Å²) in [6, 6.07) is 0.550. The molecule has 1 aromatic heterocycles. The number of nitrogens with zero attached hydrogens (tertiary/aromatic N) is 3. The van der Waals surface area contributed by atoms with E-state index in [2.05, 4.69) is 38.8 Å². The van der Waals surface area contributed by atoms with Gasteiger partial charge in [-0.05, 0) is 12.3 Å². The number of hydrogen-bond donors (Lipinski definition) is 1. The summed E-state index contributed by atoms with van der Waals surface area (Å²) in [4.78, 5) is 8.33. The summed E-state index contributed by atoms with van der Waals surface area (Å²) in [5.41, 5.74) is 0. The Morgan fingerprint density at radius 1 is 1.69 bits per heavy atom. The average molecular weight is 240 g/mol. The number of hydrogen-bond acceptors (Lipinski definition) is 5. The minimum Gasteiger partial charge on any atom is -0.361 e. The summed E-state index contributed by atoms with van der Waals surface area (Å²) in [6.45, 7) is 4.96. The van der Waals surface area contributed by atoms with E-state index in [1.807, 2.05) is 0 Å². The van der Waals surface area contributed by atoms with Gasteiger partial charge < -0.3 is 9.84 Å². The van der Waals surface area contributed by atoms with Crippen LogP contribution in [0.3, 0.4) is 0 Å². The molecule has 16 heavy (non-hydrogen) atoms. The van der Waals surface area contributed by atoms with Crippen LogP contribution in [0.2, 0.25) is 0 Å². The largest absolute Gasteiger partial charge is 0.361 e. The first-order valence-electron chi connectivity index (χ1n) is 5.43. The summed E-state index contributed by atoms with van der Waals surface area (Å²) in [5, 5.41) is 8.12. The molecule has 0 radical (unpaired) electrons. The first-order chi connectivity index (χ1) is 7.74. The lowest BCUT2D eigenvalue weighted by Crippen LogP contribution is -2.28. The topological polar surface area (TPSA) is 63.3 Å². The van der Waals surface area contributed by atoms with Gasteiger partial charge in [0.15, 0.2) is 11.0 Å². The van der Waals surface area contributed by atoms with Crippen LogP contribution >= 0.6 is 11.8 Å². The van der Waals surface area contributed by atoms with E-state index in [0.29, 0.717) is 18.4 Å². The van der Waals surface area contributed by atoms with E-state index < -0.39 is 0 Å². The monoisotopic (exact) mass is 240 g/mol. The van der Waals surface area contributed by atoms with Gasteiger partial charge in [-0.2, -0.15) is 4.98 Å². The first kappa shape index (κ1) is 11.4. The third-order valence-electron chi connectivity index (χ3n) is 2.28. The standard InChI is InChI=1S/C10H16N4OS/c1-7(2)3-8-5-16-10(13-8)11-4-9-12-6-15-14-9/h6-8H,3-5H2,1-2H3,(H,11,13). The van der Waals surface area contributed by atoms with Crippen LogP contribution in [-0.4, -0.2) is 27.1 Å². The maximum Gasteiger partial charge on any atom is 0.213 e.